The number of aromatic nitrogens is 5. The van der Waals surface area contributed by atoms with E-state index in [0.717, 1.165) is 24.0 Å². The number of nitrogens with zero attached hydrogens (tertiary/aromatic N) is 5. The van der Waals surface area contributed by atoms with Crippen molar-refractivity contribution >= 4 is 16.2 Å². The number of hydrogen-bond acceptors (Lipinski definition) is 8. The first-order chi connectivity index (χ1) is 16.7. The minimum absolute atomic E-state index is 0.00865. The van der Waals surface area contributed by atoms with Gasteiger partial charge in [-0.3, -0.25) is 14.1 Å². The van der Waals surface area contributed by atoms with Gasteiger partial charge < -0.3 is 9.47 Å². The quantitative estimate of drug-likeness (QED) is 0.355. The van der Waals surface area contributed by atoms with E-state index in [0.29, 0.717) is 29.8 Å². The largest absolute Gasteiger partial charge is 0.489 e. The third kappa shape index (κ3) is 6.88. The molecule has 0 saturated heterocycles. The Bertz CT molecular complexity index is 1410. The average molecular weight is 507 g/mol. The summed E-state index contributed by atoms with van der Waals surface area (Å²) in [6.45, 7) is -2.45. The average Bonchev–Trinajstić information content (AvgIpc) is 3.53. The molecule has 3 aromatic heterocycles. The summed E-state index contributed by atoms with van der Waals surface area (Å²) in [4.78, 5) is 12.8. The van der Waals surface area contributed by atoms with Gasteiger partial charge in [0.05, 0.1) is 12.3 Å². The van der Waals surface area contributed by atoms with Crippen LogP contribution in [0.3, 0.4) is 0 Å². The minimum atomic E-state index is -4.67. The number of alkyl halides is 2. The van der Waals surface area contributed by atoms with Crippen molar-refractivity contribution in [2.75, 3.05) is 6.61 Å². The van der Waals surface area contributed by atoms with Gasteiger partial charge in [-0.15, -0.1) is 5.10 Å². The molecule has 4 aromatic rings. The second kappa shape index (κ2) is 10.2. The lowest BCUT2D eigenvalue weighted by Crippen LogP contribution is -2.06. The van der Waals surface area contributed by atoms with E-state index in [1.807, 2.05) is 6.07 Å². The van der Waals surface area contributed by atoms with Crippen LogP contribution >= 0.6 is 0 Å². The lowest BCUT2D eigenvalue weighted by molar-refractivity contribution is -0.0515. The van der Waals surface area contributed by atoms with Crippen molar-refractivity contribution < 1.29 is 35.8 Å². The zero-order chi connectivity index (χ0) is 25.0. The first-order valence-electron chi connectivity index (χ1n) is 10.2. The molecule has 14 heteroatoms. The molecule has 0 bridgehead atoms. The third-order valence-electron chi connectivity index (χ3n) is 4.79. The smallest absolute Gasteiger partial charge is 0.394 e. The molecule has 3 heterocycles. The van der Waals surface area contributed by atoms with Crippen molar-refractivity contribution in [1.29, 1.82) is 0 Å². The molecule has 1 aliphatic rings. The zero-order valence-corrected chi connectivity index (χ0v) is 18.7. The Labute approximate surface area is 198 Å². The molecule has 2 N–H and O–H groups in total. The number of fused-ring (bicyclic) bond motifs is 1. The third-order valence-corrected chi connectivity index (χ3v) is 4.79. The molecule has 1 saturated carbocycles. The molecule has 35 heavy (non-hydrogen) atoms. The van der Waals surface area contributed by atoms with Gasteiger partial charge in [-0.2, -0.15) is 26.7 Å². The van der Waals surface area contributed by atoms with Crippen molar-refractivity contribution in [2.45, 2.75) is 19.5 Å². The van der Waals surface area contributed by atoms with Crippen molar-refractivity contribution in [2.24, 2.45) is 5.92 Å². The highest BCUT2D eigenvalue weighted by Gasteiger charge is 2.23. The van der Waals surface area contributed by atoms with E-state index in [1.165, 1.54) is 6.07 Å². The summed E-state index contributed by atoms with van der Waals surface area (Å²) in [6.07, 6.45) is 7.15. The van der Waals surface area contributed by atoms with Crippen molar-refractivity contribution in [3.8, 4) is 34.1 Å². The predicted molar refractivity (Wildman–Crippen MR) is 118 cm³/mol. The second-order valence-corrected chi connectivity index (χ2v) is 8.36. The maximum Gasteiger partial charge on any atom is 0.394 e. The Morgan fingerprint density at radius 2 is 1.86 bits per heavy atom. The van der Waals surface area contributed by atoms with Crippen LogP contribution in [0.2, 0.25) is 0 Å². The molecular weight excluding hydrogens is 488 g/mol. The number of hydrogen-bond donors (Lipinski definition) is 2. The van der Waals surface area contributed by atoms with Crippen LogP contribution in [-0.4, -0.2) is 55.3 Å². The van der Waals surface area contributed by atoms with Crippen molar-refractivity contribution in [3.05, 3.63) is 55.0 Å². The SMILES string of the molecule is FC(F)Oc1ccc(-c2ccnc3nc(-c4cccnc4)nn23)cc1OCC1CC1.O=S(=O)(O)O. The van der Waals surface area contributed by atoms with Crippen LogP contribution in [0.1, 0.15) is 12.8 Å². The minimum Gasteiger partial charge on any atom is -0.489 e. The van der Waals surface area contributed by atoms with E-state index >= 15 is 0 Å². The highest BCUT2D eigenvalue weighted by atomic mass is 32.3. The maximum atomic E-state index is 12.8. The number of rotatable bonds is 7. The fourth-order valence-corrected chi connectivity index (χ4v) is 3.10. The van der Waals surface area contributed by atoms with Gasteiger partial charge in [0.15, 0.2) is 17.3 Å². The van der Waals surface area contributed by atoms with Crippen molar-refractivity contribution in [3.63, 3.8) is 0 Å². The number of ether oxygens (including phenoxy) is 2. The van der Waals surface area contributed by atoms with Crippen LogP contribution in [0.4, 0.5) is 8.78 Å². The molecule has 0 spiro atoms. The zero-order valence-electron chi connectivity index (χ0n) is 17.9. The molecule has 184 valence electrons. The lowest BCUT2D eigenvalue weighted by Gasteiger charge is -2.14. The summed E-state index contributed by atoms with van der Waals surface area (Å²) in [5, 5.41) is 4.55. The summed E-state index contributed by atoms with van der Waals surface area (Å²) in [7, 11) is -4.67. The van der Waals surface area contributed by atoms with Gasteiger partial charge in [-0.1, -0.05) is 0 Å². The van der Waals surface area contributed by atoms with Gasteiger partial charge in [0.25, 0.3) is 5.78 Å². The maximum absolute atomic E-state index is 12.8. The lowest BCUT2D eigenvalue weighted by atomic mass is 10.1. The van der Waals surface area contributed by atoms with Crippen molar-refractivity contribution in [1.82, 2.24) is 24.6 Å². The van der Waals surface area contributed by atoms with Crippen LogP contribution < -0.4 is 9.47 Å². The molecule has 11 nitrogen and oxygen atoms in total. The Balaban J connectivity index is 0.000000527. The highest BCUT2D eigenvalue weighted by molar-refractivity contribution is 7.79. The number of pyridine rings is 1. The second-order valence-electron chi connectivity index (χ2n) is 7.46. The van der Waals surface area contributed by atoms with Gasteiger partial charge in [-0.05, 0) is 55.2 Å². The molecular formula is C21H19F2N5O6S. The van der Waals surface area contributed by atoms with E-state index in [9.17, 15) is 8.78 Å². The van der Waals surface area contributed by atoms with E-state index in [1.54, 1.807) is 47.4 Å². The summed E-state index contributed by atoms with van der Waals surface area (Å²) in [6, 6.07) is 10.3. The van der Waals surface area contributed by atoms with Gasteiger partial charge in [0.2, 0.25) is 0 Å². The van der Waals surface area contributed by atoms with E-state index in [2.05, 4.69) is 24.8 Å². The Morgan fingerprint density at radius 1 is 1.09 bits per heavy atom. The standard InChI is InChI=1S/C21H17F2N5O2.H2O4S/c22-20(23)30-17-6-5-14(10-18(17)29-12-13-3-4-13)16-7-9-25-21-26-19(27-28(16)21)15-2-1-8-24-11-15;1-5(2,3)4/h1-2,5-11,13,20H,3-4,12H2;(H2,1,2,3,4). The normalized spacial score (nSPS) is 13.4. The van der Waals surface area contributed by atoms with Crippen LogP contribution in [0, 0.1) is 5.92 Å². The monoisotopic (exact) mass is 507 g/mol. The fourth-order valence-electron chi connectivity index (χ4n) is 3.10. The van der Waals surface area contributed by atoms with Crippen LogP contribution in [-0.2, 0) is 10.4 Å². The Morgan fingerprint density at radius 3 is 2.51 bits per heavy atom. The first-order valence-corrected chi connectivity index (χ1v) is 11.6. The number of halogens is 2. The molecule has 5 rings (SSSR count). The molecule has 0 radical (unpaired) electrons. The molecule has 1 fully saturated rings. The molecule has 0 atom stereocenters. The Hall–Kier alpha value is -3.75. The molecule has 0 amide bonds. The van der Waals surface area contributed by atoms with Gasteiger partial charge >= 0.3 is 17.0 Å². The summed E-state index contributed by atoms with van der Waals surface area (Å²) in [5.41, 5.74) is 2.18. The summed E-state index contributed by atoms with van der Waals surface area (Å²) >= 11 is 0. The van der Waals surface area contributed by atoms with E-state index in [-0.39, 0.29) is 11.5 Å². The summed E-state index contributed by atoms with van der Waals surface area (Å²) in [5.74, 6) is 1.66. The Kier molecular flexibility index (Phi) is 7.14. The van der Waals surface area contributed by atoms with E-state index in [4.69, 9.17) is 22.3 Å². The van der Waals surface area contributed by atoms with E-state index < -0.39 is 17.0 Å². The number of benzene rings is 1. The predicted octanol–water partition coefficient (Wildman–Crippen LogP) is 3.59. The highest BCUT2D eigenvalue weighted by Crippen LogP contribution is 2.36. The van der Waals surface area contributed by atoms with Crippen LogP contribution in [0.15, 0.2) is 55.0 Å². The van der Waals surface area contributed by atoms with Crippen LogP contribution in [0.5, 0.6) is 11.5 Å². The van der Waals surface area contributed by atoms with Crippen LogP contribution in [0.25, 0.3) is 28.4 Å². The molecule has 0 aliphatic heterocycles. The topological polar surface area (TPSA) is 149 Å². The summed E-state index contributed by atoms with van der Waals surface area (Å²) < 4.78 is 69.2. The molecule has 1 aliphatic carbocycles. The van der Waals surface area contributed by atoms with Gasteiger partial charge in [-0.25, -0.2) is 4.98 Å². The van der Waals surface area contributed by atoms with Gasteiger partial charge in [0.1, 0.15) is 0 Å². The van der Waals surface area contributed by atoms with Gasteiger partial charge in [0, 0.05) is 29.7 Å². The molecule has 1 aromatic carbocycles. The fraction of sp³-hybridized carbons (Fsp3) is 0.238. The molecule has 0 unspecified atom stereocenters. The first kappa shape index (κ1) is 24.4.